The number of nitrogens with zero attached hydrogens (tertiary/aromatic N) is 1. The molecule has 0 aliphatic rings. The van der Waals surface area contributed by atoms with Crippen LogP contribution in [0.5, 0.6) is 5.75 Å². The average Bonchev–Trinajstić information content (AvgIpc) is 2.85. The zero-order valence-corrected chi connectivity index (χ0v) is 13.5. The van der Waals surface area contributed by atoms with Crippen molar-refractivity contribution in [2.75, 3.05) is 13.7 Å². The van der Waals surface area contributed by atoms with Crippen molar-refractivity contribution in [1.82, 2.24) is 4.98 Å². The molecule has 0 amide bonds. The molecule has 0 aliphatic heterocycles. The van der Waals surface area contributed by atoms with E-state index in [0.717, 1.165) is 27.7 Å². The Labute approximate surface area is 129 Å². The lowest BCUT2D eigenvalue weighted by Gasteiger charge is -2.07. The first-order valence-corrected chi connectivity index (χ1v) is 7.73. The van der Waals surface area contributed by atoms with Crippen molar-refractivity contribution >= 4 is 11.3 Å². The van der Waals surface area contributed by atoms with Crippen LogP contribution in [-0.4, -0.2) is 23.8 Å². The predicted molar refractivity (Wildman–Crippen MR) is 83.9 cm³/mol. The van der Waals surface area contributed by atoms with E-state index in [0.29, 0.717) is 13.2 Å². The maximum absolute atomic E-state index is 9.30. The second kappa shape index (κ2) is 7.54. The number of aromatic nitrogens is 1. The highest BCUT2D eigenvalue weighted by molar-refractivity contribution is 7.11. The third-order valence-corrected chi connectivity index (χ3v) is 4.45. The van der Waals surface area contributed by atoms with Gasteiger partial charge in [0.2, 0.25) is 0 Å². The molecular weight excluding hydrogens is 286 g/mol. The molecule has 0 saturated heterocycles. The number of ether oxygens (including phenoxy) is 2. The third kappa shape index (κ3) is 4.27. The Bertz CT molecular complexity index is 595. The molecule has 2 rings (SSSR count). The topological polar surface area (TPSA) is 51.6 Å². The maximum atomic E-state index is 9.30. The molecule has 0 fully saturated rings. The second-order valence-corrected chi connectivity index (χ2v) is 6.08. The lowest BCUT2D eigenvalue weighted by Crippen LogP contribution is -2.02. The van der Waals surface area contributed by atoms with E-state index < -0.39 is 0 Å². The molecule has 1 N–H and O–H groups in total. The van der Waals surface area contributed by atoms with Gasteiger partial charge in [0.1, 0.15) is 5.75 Å². The Hall–Kier alpha value is -1.43. The van der Waals surface area contributed by atoms with E-state index in [4.69, 9.17) is 9.47 Å². The molecule has 1 aromatic carbocycles. The second-order valence-electron chi connectivity index (χ2n) is 4.91. The maximum Gasteiger partial charge on any atom is 0.119 e. The molecule has 1 aromatic heterocycles. The lowest BCUT2D eigenvalue weighted by atomic mass is 10.1. The number of benzene rings is 1. The fourth-order valence-electron chi connectivity index (χ4n) is 1.98. The molecule has 0 unspecified atom stereocenters. The van der Waals surface area contributed by atoms with Gasteiger partial charge >= 0.3 is 0 Å². The SMILES string of the molecule is COCc1nc(CCOc2ccc(C)c(C)c2)sc1CO. The van der Waals surface area contributed by atoms with Crippen molar-refractivity contribution in [3.05, 3.63) is 44.9 Å². The Morgan fingerprint density at radius 2 is 2.05 bits per heavy atom. The highest BCUT2D eigenvalue weighted by atomic mass is 32.1. The van der Waals surface area contributed by atoms with Crippen molar-refractivity contribution in [2.45, 2.75) is 33.5 Å². The van der Waals surface area contributed by atoms with E-state index in [2.05, 4.69) is 24.9 Å². The van der Waals surface area contributed by atoms with Crippen LogP contribution < -0.4 is 4.74 Å². The van der Waals surface area contributed by atoms with Gasteiger partial charge in [-0.2, -0.15) is 0 Å². The number of aliphatic hydroxyl groups is 1. The van der Waals surface area contributed by atoms with Gasteiger partial charge in [-0.15, -0.1) is 11.3 Å². The van der Waals surface area contributed by atoms with Gasteiger partial charge in [-0.25, -0.2) is 4.98 Å². The van der Waals surface area contributed by atoms with Gasteiger partial charge in [0, 0.05) is 13.5 Å². The van der Waals surface area contributed by atoms with Crippen LogP contribution in [-0.2, 0) is 24.4 Å². The molecule has 21 heavy (non-hydrogen) atoms. The summed E-state index contributed by atoms with van der Waals surface area (Å²) in [5, 5.41) is 10.3. The summed E-state index contributed by atoms with van der Waals surface area (Å²) < 4.78 is 10.8. The summed E-state index contributed by atoms with van der Waals surface area (Å²) in [5.41, 5.74) is 3.32. The number of hydrogen-bond donors (Lipinski definition) is 1. The quantitative estimate of drug-likeness (QED) is 0.854. The minimum Gasteiger partial charge on any atom is -0.493 e. The fraction of sp³-hybridized carbons (Fsp3) is 0.438. The van der Waals surface area contributed by atoms with Crippen LogP contribution in [0.15, 0.2) is 18.2 Å². The minimum absolute atomic E-state index is 0.00831. The molecule has 4 nitrogen and oxygen atoms in total. The average molecular weight is 307 g/mol. The molecular formula is C16H21NO3S. The van der Waals surface area contributed by atoms with Crippen molar-refractivity contribution in [1.29, 1.82) is 0 Å². The monoisotopic (exact) mass is 307 g/mol. The predicted octanol–water partition coefficient (Wildman–Crippen LogP) is 3.02. The first kappa shape index (κ1) is 15.9. The fourth-order valence-corrected chi connectivity index (χ4v) is 2.89. The largest absolute Gasteiger partial charge is 0.493 e. The summed E-state index contributed by atoms with van der Waals surface area (Å²) in [6.45, 7) is 5.18. The zero-order chi connectivity index (χ0) is 15.2. The standard InChI is InChI=1S/C16H21NO3S/c1-11-4-5-13(8-12(11)2)20-7-6-16-17-14(10-19-3)15(9-18)21-16/h4-5,8,18H,6-7,9-10H2,1-3H3. The highest BCUT2D eigenvalue weighted by Crippen LogP contribution is 2.21. The summed E-state index contributed by atoms with van der Waals surface area (Å²) in [4.78, 5) is 5.36. The molecule has 2 aromatic rings. The Balaban J connectivity index is 1.92. The molecule has 114 valence electrons. The van der Waals surface area contributed by atoms with E-state index in [1.165, 1.54) is 22.5 Å². The number of methoxy groups -OCH3 is 1. The summed E-state index contributed by atoms with van der Waals surface area (Å²) in [7, 11) is 1.63. The van der Waals surface area contributed by atoms with E-state index >= 15 is 0 Å². The number of aliphatic hydroxyl groups excluding tert-OH is 1. The smallest absolute Gasteiger partial charge is 0.119 e. The van der Waals surface area contributed by atoms with Crippen molar-refractivity contribution in [2.24, 2.45) is 0 Å². The highest BCUT2D eigenvalue weighted by Gasteiger charge is 2.10. The van der Waals surface area contributed by atoms with Crippen LogP contribution in [0.3, 0.4) is 0 Å². The van der Waals surface area contributed by atoms with E-state index in [9.17, 15) is 5.11 Å². The summed E-state index contributed by atoms with van der Waals surface area (Å²) in [6.07, 6.45) is 0.730. The van der Waals surface area contributed by atoms with Crippen molar-refractivity contribution in [3.8, 4) is 5.75 Å². The summed E-state index contributed by atoms with van der Waals surface area (Å²) in [5.74, 6) is 0.883. The van der Waals surface area contributed by atoms with E-state index in [1.807, 2.05) is 12.1 Å². The number of hydrogen-bond acceptors (Lipinski definition) is 5. The summed E-state index contributed by atoms with van der Waals surface area (Å²) in [6, 6.07) is 6.10. The van der Waals surface area contributed by atoms with Gasteiger partial charge in [0.05, 0.1) is 35.4 Å². The molecule has 0 atom stereocenters. The van der Waals surface area contributed by atoms with Gasteiger partial charge in [-0.05, 0) is 37.1 Å². The van der Waals surface area contributed by atoms with Gasteiger partial charge in [-0.3, -0.25) is 0 Å². The molecule has 0 saturated carbocycles. The van der Waals surface area contributed by atoms with Gasteiger partial charge < -0.3 is 14.6 Å². The number of thiazole rings is 1. The Morgan fingerprint density at radius 3 is 2.71 bits per heavy atom. The molecule has 0 bridgehead atoms. The van der Waals surface area contributed by atoms with E-state index in [-0.39, 0.29) is 6.61 Å². The summed E-state index contributed by atoms with van der Waals surface area (Å²) >= 11 is 1.52. The normalized spacial score (nSPS) is 10.9. The van der Waals surface area contributed by atoms with Crippen LogP contribution in [0.2, 0.25) is 0 Å². The number of rotatable bonds is 7. The van der Waals surface area contributed by atoms with Gasteiger partial charge in [0.25, 0.3) is 0 Å². The van der Waals surface area contributed by atoms with Crippen LogP contribution in [0.1, 0.15) is 26.7 Å². The van der Waals surface area contributed by atoms with Gasteiger partial charge in [-0.1, -0.05) is 6.07 Å². The Morgan fingerprint density at radius 1 is 1.24 bits per heavy atom. The van der Waals surface area contributed by atoms with Crippen LogP contribution in [0.25, 0.3) is 0 Å². The van der Waals surface area contributed by atoms with Crippen LogP contribution in [0.4, 0.5) is 0 Å². The molecule has 0 radical (unpaired) electrons. The Kier molecular flexibility index (Phi) is 5.73. The first-order chi connectivity index (χ1) is 10.1. The minimum atomic E-state index is 0.00831. The van der Waals surface area contributed by atoms with Crippen molar-refractivity contribution in [3.63, 3.8) is 0 Å². The molecule has 0 spiro atoms. The first-order valence-electron chi connectivity index (χ1n) is 6.91. The molecule has 1 heterocycles. The van der Waals surface area contributed by atoms with E-state index in [1.54, 1.807) is 7.11 Å². The lowest BCUT2D eigenvalue weighted by molar-refractivity contribution is 0.178. The van der Waals surface area contributed by atoms with Crippen LogP contribution >= 0.6 is 11.3 Å². The van der Waals surface area contributed by atoms with Gasteiger partial charge in [0.15, 0.2) is 0 Å². The third-order valence-electron chi connectivity index (χ3n) is 3.31. The zero-order valence-electron chi connectivity index (χ0n) is 12.7. The van der Waals surface area contributed by atoms with Crippen LogP contribution in [0, 0.1) is 13.8 Å². The molecule has 0 aliphatic carbocycles. The van der Waals surface area contributed by atoms with Crippen molar-refractivity contribution < 1.29 is 14.6 Å². The number of aryl methyl sites for hydroxylation is 2. The molecule has 5 heteroatoms.